The summed E-state index contributed by atoms with van der Waals surface area (Å²) in [5.74, 6) is 0. The van der Waals surface area contributed by atoms with E-state index in [0.717, 1.165) is 42.5 Å². The van der Waals surface area contributed by atoms with Gasteiger partial charge < -0.3 is 5.32 Å². The predicted molar refractivity (Wildman–Crippen MR) is 89.0 cm³/mol. The standard InChI is InChI=1S/C17H20F2N2.ClH/c18-17(19)12-16(21-10-8-20-9-11-21)15-7-3-5-13-4-1-2-6-14(13)15;/h1-7,16-17,20H,8-12H2;1H/t16-;/m0./s1. The number of rotatable bonds is 4. The molecule has 120 valence electrons. The van der Waals surface area contributed by atoms with E-state index >= 15 is 0 Å². The van der Waals surface area contributed by atoms with Crippen molar-refractivity contribution in [1.82, 2.24) is 10.2 Å². The Hall–Kier alpha value is -1.23. The van der Waals surface area contributed by atoms with E-state index in [-0.39, 0.29) is 24.9 Å². The van der Waals surface area contributed by atoms with Crippen LogP contribution in [-0.2, 0) is 0 Å². The molecule has 1 saturated heterocycles. The van der Waals surface area contributed by atoms with Gasteiger partial charge in [-0.2, -0.15) is 0 Å². The molecule has 0 aromatic heterocycles. The van der Waals surface area contributed by atoms with Gasteiger partial charge >= 0.3 is 0 Å². The monoisotopic (exact) mass is 326 g/mol. The summed E-state index contributed by atoms with van der Waals surface area (Å²) < 4.78 is 26.2. The van der Waals surface area contributed by atoms with E-state index < -0.39 is 6.43 Å². The second kappa shape index (κ2) is 7.86. The van der Waals surface area contributed by atoms with Gasteiger partial charge in [0, 0.05) is 38.6 Å². The average molecular weight is 327 g/mol. The summed E-state index contributed by atoms with van der Waals surface area (Å²) in [7, 11) is 0. The highest BCUT2D eigenvalue weighted by atomic mass is 35.5. The van der Waals surface area contributed by atoms with Crippen molar-refractivity contribution in [3.05, 3.63) is 48.0 Å². The Kier molecular flexibility index (Phi) is 6.12. The summed E-state index contributed by atoms with van der Waals surface area (Å²) in [6, 6.07) is 13.8. The van der Waals surface area contributed by atoms with Gasteiger partial charge in [0.15, 0.2) is 0 Å². The largest absolute Gasteiger partial charge is 0.314 e. The van der Waals surface area contributed by atoms with E-state index in [1.54, 1.807) is 0 Å². The number of nitrogens with zero attached hydrogens (tertiary/aromatic N) is 1. The smallest absolute Gasteiger partial charge is 0.240 e. The number of piperazine rings is 1. The third-order valence-corrected chi connectivity index (χ3v) is 4.18. The van der Waals surface area contributed by atoms with Crippen LogP contribution in [-0.4, -0.2) is 37.5 Å². The summed E-state index contributed by atoms with van der Waals surface area (Å²) in [6.07, 6.45) is -2.39. The minimum atomic E-state index is -2.29. The zero-order valence-corrected chi connectivity index (χ0v) is 13.2. The molecule has 0 spiro atoms. The predicted octanol–water partition coefficient (Wildman–Crippen LogP) is 3.86. The van der Waals surface area contributed by atoms with Crippen LogP contribution in [0.25, 0.3) is 10.8 Å². The van der Waals surface area contributed by atoms with Gasteiger partial charge in [0.2, 0.25) is 6.43 Å². The van der Waals surface area contributed by atoms with Gasteiger partial charge in [0.25, 0.3) is 0 Å². The highest BCUT2D eigenvalue weighted by molar-refractivity contribution is 5.86. The molecule has 1 atom stereocenters. The Bertz CT molecular complexity index is 595. The molecule has 2 aromatic carbocycles. The van der Waals surface area contributed by atoms with E-state index in [4.69, 9.17) is 0 Å². The maximum atomic E-state index is 13.1. The molecule has 1 fully saturated rings. The number of halogens is 3. The van der Waals surface area contributed by atoms with Crippen LogP contribution in [0.4, 0.5) is 8.78 Å². The SMILES string of the molecule is Cl.FC(F)C[C@@H](c1cccc2ccccc12)N1CCNCC1. The average Bonchev–Trinajstić information content (AvgIpc) is 2.53. The minimum Gasteiger partial charge on any atom is -0.314 e. The molecule has 5 heteroatoms. The van der Waals surface area contributed by atoms with Crippen LogP contribution in [0.2, 0.25) is 0 Å². The lowest BCUT2D eigenvalue weighted by atomic mass is 9.95. The first-order valence-corrected chi connectivity index (χ1v) is 7.46. The van der Waals surface area contributed by atoms with Gasteiger partial charge in [-0.1, -0.05) is 42.5 Å². The van der Waals surface area contributed by atoms with Crippen LogP contribution in [0, 0.1) is 0 Å². The van der Waals surface area contributed by atoms with E-state index in [0.29, 0.717) is 0 Å². The molecular weight excluding hydrogens is 306 g/mol. The summed E-state index contributed by atoms with van der Waals surface area (Å²) in [5.41, 5.74) is 1.02. The number of fused-ring (bicyclic) bond motifs is 1. The van der Waals surface area contributed by atoms with Crippen LogP contribution in [0.3, 0.4) is 0 Å². The number of hydrogen-bond donors (Lipinski definition) is 1. The highest BCUT2D eigenvalue weighted by Crippen LogP contribution is 2.32. The molecule has 1 aliphatic rings. The van der Waals surface area contributed by atoms with Gasteiger partial charge in [-0.3, -0.25) is 4.90 Å². The van der Waals surface area contributed by atoms with E-state index in [9.17, 15) is 8.78 Å². The first-order chi connectivity index (χ1) is 10.3. The van der Waals surface area contributed by atoms with Crippen molar-refractivity contribution in [2.75, 3.05) is 26.2 Å². The normalized spacial score (nSPS) is 17.4. The Labute approximate surface area is 135 Å². The topological polar surface area (TPSA) is 15.3 Å². The maximum Gasteiger partial charge on any atom is 0.240 e. The second-order valence-electron chi connectivity index (χ2n) is 5.50. The van der Waals surface area contributed by atoms with Crippen LogP contribution < -0.4 is 5.32 Å². The van der Waals surface area contributed by atoms with Crippen molar-refractivity contribution in [3.63, 3.8) is 0 Å². The van der Waals surface area contributed by atoms with E-state index in [2.05, 4.69) is 10.2 Å². The maximum absolute atomic E-state index is 13.1. The van der Waals surface area contributed by atoms with Crippen molar-refractivity contribution >= 4 is 23.2 Å². The number of alkyl halides is 2. The second-order valence-corrected chi connectivity index (χ2v) is 5.50. The van der Waals surface area contributed by atoms with E-state index in [1.807, 2.05) is 42.5 Å². The van der Waals surface area contributed by atoms with Gasteiger partial charge in [-0.25, -0.2) is 8.78 Å². The Morgan fingerprint density at radius 1 is 1.00 bits per heavy atom. The summed E-state index contributed by atoms with van der Waals surface area (Å²) >= 11 is 0. The van der Waals surface area contributed by atoms with Gasteiger partial charge in [-0.15, -0.1) is 12.4 Å². The van der Waals surface area contributed by atoms with Crippen molar-refractivity contribution in [2.45, 2.75) is 18.9 Å². The molecule has 0 bridgehead atoms. The Morgan fingerprint density at radius 2 is 1.68 bits per heavy atom. The lowest BCUT2D eigenvalue weighted by molar-refractivity contribution is 0.0745. The molecule has 2 nitrogen and oxygen atoms in total. The van der Waals surface area contributed by atoms with Crippen LogP contribution >= 0.6 is 12.4 Å². The van der Waals surface area contributed by atoms with E-state index in [1.165, 1.54) is 0 Å². The Balaban J connectivity index is 0.00000176. The number of hydrogen-bond acceptors (Lipinski definition) is 2. The minimum absolute atomic E-state index is 0. The molecule has 0 unspecified atom stereocenters. The summed E-state index contributed by atoms with van der Waals surface area (Å²) in [4.78, 5) is 2.18. The molecule has 0 radical (unpaired) electrons. The molecule has 2 aromatic rings. The fourth-order valence-electron chi connectivity index (χ4n) is 3.18. The van der Waals surface area contributed by atoms with Gasteiger partial charge in [-0.05, 0) is 16.3 Å². The first-order valence-electron chi connectivity index (χ1n) is 7.46. The molecule has 0 amide bonds. The number of benzene rings is 2. The molecule has 0 aliphatic carbocycles. The lowest BCUT2D eigenvalue weighted by Crippen LogP contribution is -2.45. The lowest BCUT2D eigenvalue weighted by Gasteiger charge is -2.35. The van der Waals surface area contributed by atoms with Crippen LogP contribution in [0.5, 0.6) is 0 Å². The first kappa shape index (κ1) is 17.1. The molecule has 22 heavy (non-hydrogen) atoms. The zero-order chi connectivity index (χ0) is 14.7. The molecular formula is C17H21ClF2N2. The molecule has 0 saturated carbocycles. The van der Waals surface area contributed by atoms with Crippen molar-refractivity contribution < 1.29 is 8.78 Å². The van der Waals surface area contributed by atoms with Gasteiger partial charge in [0.1, 0.15) is 0 Å². The third-order valence-electron chi connectivity index (χ3n) is 4.18. The van der Waals surface area contributed by atoms with Crippen molar-refractivity contribution in [1.29, 1.82) is 0 Å². The number of nitrogens with one attached hydrogen (secondary N) is 1. The molecule has 1 aliphatic heterocycles. The highest BCUT2D eigenvalue weighted by Gasteiger charge is 2.26. The fraction of sp³-hybridized carbons (Fsp3) is 0.412. The molecule has 3 rings (SSSR count). The van der Waals surface area contributed by atoms with Crippen LogP contribution in [0.15, 0.2) is 42.5 Å². The molecule has 1 N–H and O–H groups in total. The summed E-state index contributed by atoms with van der Waals surface area (Å²) in [6.45, 7) is 3.37. The molecule has 1 heterocycles. The third kappa shape index (κ3) is 3.75. The fourth-order valence-corrected chi connectivity index (χ4v) is 3.18. The van der Waals surface area contributed by atoms with Crippen molar-refractivity contribution in [3.8, 4) is 0 Å². The zero-order valence-electron chi connectivity index (χ0n) is 12.3. The van der Waals surface area contributed by atoms with Gasteiger partial charge in [0.05, 0.1) is 0 Å². The quantitative estimate of drug-likeness (QED) is 0.917. The van der Waals surface area contributed by atoms with Crippen LogP contribution in [0.1, 0.15) is 18.0 Å². The Morgan fingerprint density at radius 3 is 2.41 bits per heavy atom. The van der Waals surface area contributed by atoms with Crippen molar-refractivity contribution in [2.24, 2.45) is 0 Å². The summed E-state index contributed by atoms with van der Waals surface area (Å²) in [5, 5.41) is 5.48.